The van der Waals surface area contributed by atoms with Gasteiger partial charge in [-0.05, 0) is 18.9 Å². The fourth-order valence-corrected chi connectivity index (χ4v) is 1.38. The fraction of sp³-hybridized carbons (Fsp3) is 0.286. The van der Waals surface area contributed by atoms with Crippen molar-refractivity contribution in [2.45, 2.75) is 13.3 Å². The van der Waals surface area contributed by atoms with E-state index in [0.717, 1.165) is 5.56 Å². The molecule has 0 saturated heterocycles. The Labute approximate surface area is 107 Å². The summed E-state index contributed by atoms with van der Waals surface area (Å²) in [5.74, 6) is -1.15. The molecule has 0 bridgehead atoms. The largest absolute Gasteiger partial charge is 0.462 e. The van der Waals surface area contributed by atoms with Crippen LogP contribution in [0.5, 0.6) is 0 Å². The van der Waals surface area contributed by atoms with Gasteiger partial charge in [-0.3, -0.25) is 4.79 Å². The summed E-state index contributed by atoms with van der Waals surface area (Å²) in [7, 11) is 0. The van der Waals surface area contributed by atoms with Gasteiger partial charge < -0.3 is 10.1 Å². The second-order valence-corrected chi connectivity index (χ2v) is 3.69. The van der Waals surface area contributed by atoms with Gasteiger partial charge in [-0.1, -0.05) is 36.9 Å². The molecule has 0 aliphatic carbocycles. The lowest BCUT2D eigenvalue weighted by molar-refractivity contribution is -0.140. The first-order valence-corrected chi connectivity index (χ1v) is 5.83. The number of hydrogen-bond donors (Lipinski definition) is 1. The summed E-state index contributed by atoms with van der Waals surface area (Å²) in [6.45, 7) is 5.78. The number of carbonyl (C=O) groups excluding carboxylic acids is 2. The van der Waals surface area contributed by atoms with Gasteiger partial charge in [0.05, 0.1) is 6.61 Å². The van der Waals surface area contributed by atoms with Crippen molar-refractivity contribution in [2.75, 3.05) is 13.2 Å². The molecule has 0 saturated carbocycles. The molecule has 0 atom stereocenters. The monoisotopic (exact) mass is 247 g/mol. The summed E-state index contributed by atoms with van der Waals surface area (Å²) in [6.07, 6.45) is 0.711. The Morgan fingerprint density at radius 1 is 1.28 bits per heavy atom. The molecule has 4 heteroatoms. The van der Waals surface area contributed by atoms with Gasteiger partial charge in [0, 0.05) is 6.54 Å². The Bertz CT molecular complexity index is 426. The van der Waals surface area contributed by atoms with E-state index in [4.69, 9.17) is 4.74 Å². The summed E-state index contributed by atoms with van der Waals surface area (Å²) < 4.78 is 4.69. The molecule has 1 rings (SSSR count). The highest BCUT2D eigenvalue weighted by Crippen LogP contribution is 1.99. The van der Waals surface area contributed by atoms with Crippen molar-refractivity contribution in [1.82, 2.24) is 5.32 Å². The standard InChI is InChI=1S/C14H17NO3/c1-3-18-14(17)11(2)13(16)15-10-9-12-7-5-4-6-8-12/h4-8H,2-3,9-10H2,1H3,(H,15,16). The van der Waals surface area contributed by atoms with Gasteiger partial charge in [-0.25, -0.2) is 4.79 Å². The third-order valence-electron chi connectivity index (χ3n) is 2.34. The Balaban J connectivity index is 2.33. The zero-order chi connectivity index (χ0) is 13.4. The fourth-order valence-electron chi connectivity index (χ4n) is 1.38. The molecule has 0 radical (unpaired) electrons. The van der Waals surface area contributed by atoms with E-state index < -0.39 is 11.9 Å². The van der Waals surface area contributed by atoms with Crippen LogP contribution in [-0.2, 0) is 20.7 Å². The molecule has 96 valence electrons. The number of nitrogens with one attached hydrogen (secondary N) is 1. The van der Waals surface area contributed by atoms with Crippen LogP contribution in [0.2, 0.25) is 0 Å². The summed E-state index contributed by atoms with van der Waals surface area (Å²) in [5.41, 5.74) is 0.962. The van der Waals surface area contributed by atoms with Gasteiger partial charge in [0.25, 0.3) is 5.91 Å². The molecule has 0 heterocycles. The molecule has 4 nitrogen and oxygen atoms in total. The maximum Gasteiger partial charge on any atom is 0.343 e. The van der Waals surface area contributed by atoms with Crippen LogP contribution in [0.1, 0.15) is 12.5 Å². The lowest BCUT2D eigenvalue weighted by Gasteiger charge is -2.07. The minimum atomic E-state index is -0.672. The van der Waals surface area contributed by atoms with E-state index in [2.05, 4.69) is 11.9 Å². The van der Waals surface area contributed by atoms with Crippen molar-refractivity contribution in [3.05, 3.63) is 48.0 Å². The minimum Gasteiger partial charge on any atom is -0.462 e. The molecule has 1 amide bonds. The molecule has 1 aromatic rings. The summed E-state index contributed by atoms with van der Waals surface area (Å²) in [4.78, 5) is 22.8. The first-order valence-electron chi connectivity index (χ1n) is 5.83. The maximum absolute atomic E-state index is 11.5. The van der Waals surface area contributed by atoms with Gasteiger partial charge in [0.2, 0.25) is 0 Å². The van der Waals surface area contributed by atoms with Crippen molar-refractivity contribution in [2.24, 2.45) is 0 Å². The lowest BCUT2D eigenvalue weighted by Crippen LogP contribution is -2.30. The van der Waals surface area contributed by atoms with E-state index in [9.17, 15) is 9.59 Å². The molecule has 0 aliphatic heterocycles. The number of esters is 1. The third-order valence-corrected chi connectivity index (χ3v) is 2.34. The van der Waals surface area contributed by atoms with Gasteiger partial charge >= 0.3 is 5.97 Å². The van der Waals surface area contributed by atoms with Crippen molar-refractivity contribution >= 4 is 11.9 Å². The molecule has 0 spiro atoms. The van der Waals surface area contributed by atoms with Crippen molar-refractivity contribution < 1.29 is 14.3 Å². The first-order chi connectivity index (χ1) is 8.65. The normalized spacial score (nSPS) is 9.61. The van der Waals surface area contributed by atoms with Crippen molar-refractivity contribution in [3.63, 3.8) is 0 Å². The van der Waals surface area contributed by atoms with E-state index in [-0.39, 0.29) is 12.2 Å². The highest BCUT2D eigenvalue weighted by atomic mass is 16.5. The molecule has 18 heavy (non-hydrogen) atoms. The van der Waals surface area contributed by atoms with Crippen LogP contribution < -0.4 is 5.32 Å². The predicted molar refractivity (Wildman–Crippen MR) is 68.9 cm³/mol. The molecule has 0 aliphatic rings. The Kier molecular flexibility index (Phi) is 5.64. The van der Waals surface area contributed by atoms with Crippen molar-refractivity contribution in [1.29, 1.82) is 0 Å². The average molecular weight is 247 g/mol. The molecule has 1 N–H and O–H groups in total. The van der Waals surface area contributed by atoms with E-state index in [1.54, 1.807) is 6.92 Å². The summed E-state index contributed by atoms with van der Waals surface area (Å²) >= 11 is 0. The number of rotatable bonds is 6. The number of hydrogen-bond acceptors (Lipinski definition) is 3. The second kappa shape index (κ2) is 7.27. The molecule has 1 aromatic carbocycles. The van der Waals surface area contributed by atoms with Gasteiger partial charge in [-0.2, -0.15) is 0 Å². The van der Waals surface area contributed by atoms with Crippen LogP contribution >= 0.6 is 0 Å². The zero-order valence-corrected chi connectivity index (χ0v) is 10.4. The Morgan fingerprint density at radius 3 is 2.56 bits per heavy atom. The predicted octanol–water partition coefficient (Wildman–Crippen LogP) is 1.46. The second-order valence-electron chi connectivity index (χ2n) is 3.69. The quantitative estimate of drug-likeness (QED) is 0.358. The third kappa shape index (κ3) is 4.41. The van der Waals surface area contributed by atoms with Crippen molar-refractivity contribution in [3.8, 4) is 0 Å². The van der Waals surface area contributed by atoms with Crippen LogP contribution in [-0.4, -0.2) is 25.0 Å². The van der Waals surface area contributed by atoms with Gasteiger partial charge in [-0.15, -0.1) is 0 Å². The molecular weight excluding hydrogens is 230 g/mol. The van der Waals surface area contributed by atoms with Gasteiger partial charge in [0.1, 0.15) is 5.57 Å². The van der Waals surface area contributed by atoms with Crippen LogP contribution in [0.3, 0.4) is 0 Å². The number of ether oxygens (including phenoxy) is 1. The Hall–Kier alpha value is -2.10. The van der Waals surface area contributed by atoms with Crippen LogP contribution in [0, 0.1) is 0 Å². The zero-order valence-electron chi connectivity index (χ0n) is 10.4. The maximum atomic E-state index is 11.5. The number of benzene rings is 1. The minimum absolute atomic E-state index is 0.162. The van der Waals surface area contributed by atoms with Gasteiger partial charge in [0.15, 0.2) is 0 Å². The number of carbonyl (C=O) groups is 2. The molecule has 0 fully saturated rings. The first kappa shape index (κ1) is 14.0. The van der Waals surface area contributed by atoms with Crippen LogP contribution in [0.4, 0.5) is 0 Å². The topological polar surface area (TPSA) is 55.4 Å². The molecule has 0 aromatic heterocycles. The number of amides is 1. The highest BCUT2D eigenvalue weighted by Gasteiger charge is 2.15. The highest BCUT2D eigenvalue weighted by molar-refractivity contribution is 6.15. The van der Waals surface area contributed by atoms with E-state index >= 15 is 0 Å². The van der Waals surface area contributed by atoms with E-state index in [0.29, 0.717) is 13.0 Å². The van der Waals surface area contributed by atoms with E-state index in [1.807, 2.05) is 30.3 Å². The Morgan fingerprint density at radius 2 is 1.94 bits per heavy atom. The SMILES string of the molecule is C=C(C(=O)NCCc1ccccc1)C(=O)OCC. The molecule has 0 unspecified atom stereocenters. The van der Waals surface area contributed by atoms with Crippen LogP contribution in [0.25, 0.3) is 0 Å². The summed E-state index contributed by atoms with van der Waals surface area (Å²) in [5, 5.41) is 2.63. The van der Waals surface area contributed by atoms with E-state index in [1.165, 1.54) is 0 Å². The smallest absolute Gasteiger partial charge is 0.343 e. The van der Waals surface area contributed by atoms with Crippen LogP contribution in [0.15, 0.2) is 42.5 Å². The average Bonchev–Trinajstić information content (AvgIpc) is 2.39. The lowest BCUT2D eigenvalue weighted by atomic mass is 10.1. The summed E-state index contributed by atoms with van der Waals surface area (Å²) in [6, 6.07) is 9.77. The molecular formula is C14H17NO3.